The van der Waals surface area contributed by atoms with Crippen LogP contribution in [0.2, 0.25) is 0 Å². The van der Waals surface area contributed by atoms with Gasteiger partial charge in [-0.15, -0.1) is 10.2 Å². The normalized spacial score (nSPS) is 21.7. The molecular weight excluding hydrogens is 284 g/mol. The number of carbonyl (C=O) groups excluding carboxylic acids is 1. The predicted molar refractivity (Wildman–Crippen MR) is 79.0 cm³/mol. The molecule has 0 bridgehead atoms. The van der Waals surface area contributed by atoms with Crippen molar-refractivity contribution in [3.8, 4) is 0 Å². The number of anilines is 1. The van der Waals surface area contributed by atoms with Gasteiger partial charge in [0.05, 0.1) is 11.6 Å². The average molecular weight is 304 g/mol. The minimum Gasteiger partial charge on any atom is -0.371 e. The Labute approximate surface area is 128 Å². The summed E-state index contributed by atoms with van der Waals surface area (Å²) in [4.78, 5) is 12.6. The Balaban J connectivity index is 1.79. The first-order valence-electron chi connectivity index (χ1n) is 7.49. The molecule has 0 unspecified atom stereocenters. The van der Waals surface area contributed by atoms with Gasteiger partial charge in [-0.25, -0.2) is 0 Å². The largest absolute Gasteiger partial charge is 0.371 e. The summed E-state index contributed by atoms with van der Waals surface area (Å²) < 4.78 is 9.40. The molecule has 2 aromatic heterocycles. The summed E-state index contributed by atoms with van der Waals surface area (Å²) in [5.41, 5.74) is 0.914. The lowest BCUT2D eigenvalue weighted by Crippen LogP contribution is -2.34. The van der Waals surface area contributed by atoms with Crippen molar-refractivity contribution < 1.29 is 9.53 Å². The van der Waals surface area contributed by atoms with E-state index in [4.69, 9.17) is 4.74 Å². The lowest BCUT2D eigenvalue weighted by Gasteiger charge is -2.30. The van der Waals surface area contributed by atoms with Crippen LogP contribution in [0.4, 0.5) is 5.95 Å². The second kappa shape index (κ2) is 6.27. The molecule has 22 heavy (non-hydrogen) atoms. The van der Waals surface area contributed by atoms with E-state index in [1.807, 2.05) is 20.0 Å². The Bertz CT molecular complexity index is 649. The summed E-state index contributed by atoms with van der Waals surface area (Å²) in [6, 6.07) is 1.89. The Morgan fingerprint density at radius 1 is 1.55 bits per heavy atom. The molecule has 3 heterocycles. The molecule has 3 rings (SSSR count). The van der Waals surface area contributed by atoms with E-state index in [1.54, 1.807) is 21.8 Å². The van der Waals surface area contributed by atoms with Crippen LogP contribution in [0.25, 0.3) is 0 Å². The van der Waals surface area contributed by atoms with Crippen molar-refractivity contribution in [1.29, 1.82) is 0 Å². The van der Waals surface area contributed by atoms with Crippen molar-refractivity contribution in [2.75, 3.05) is 11.9 Å². The molecule has 1 aliphatic rings. The van der Waals surface area contributed by atoms with Gasteiger partial charge in [-0.1, -0.05) is 0 Å². The number of amides is 1. The predicted octanol–water partition coefficient (Wildman–Crippen LogP) is 1.14. The molecule has 8 nitrogen and oxygen atoms in total. The highest BCUT2D eigenvalue weighted by Crippen LogP contribution is 2.34. The maximum atomic E-state index is 12.6. The molecule has 1 amide bonds. The van der Waals surface area contributed by atoms with Gasteiger partial charge in [0.2, 0.25) is 11.9 Å². The van der Waals surface area contributed by atoms with Crippen molar-refractivity contribution in [2.45, 2.75) is 32.4 Å². The van der Waals surface area contributed by atoms with E-state index in [2.05, 4.69) is 20.6 Å². The average Bonchev–Trinajstić information content (AvgIpc) is 3.15. The fourth-order valence-corrected chi connectivity index (χ4v) is 2.79. The number of nitrogens with zero attached hydrogens (tertiary/aromatic N) is 5. The molecule has 1 saturated heterocycles. The molecule has 1 N–H and O–H groups in total. The summed E-state index contributed by atoms with van der Waals surface area (Å²) in [5, 5.41) is 14.8. The minimum atomic E-state index is -0.278. The summed E-state index contributed by atoms with van der Waals surface area (Å²) in [6.07, 6.45) is 4.69. The van der Waals surface area contributed by atoms with Crippen molar-refractivity contribution >= 4 is 11.9 Å². The number of carbonyl (C=O) groups is 1. The van der Waals surface area contributed by atoms with Crippen LogP contribution in [0.3, 0.4) is 0 Å². The highest BCUT2D eigenvalue weighted by atomic mass is 16.5. The van der Waals surface area contributed by atoms with Crippen LogP contribution in [-0.2, 0) is 23.1 Å². The summed E-state index contributed by atoms with van der Waals surface area (Å²) >= 11 is 0. The smallest absolute Gasteiger partial charge is 0.232 e. The topological polar surface area (TPSA) is 86.9 Å². The van der Waals surface area contributed by atoms with Crippen LogP contribution >= 0.6 is 0 Å². The van der Waals surface area contributed by atoms with Gasteiger partial charge in [-0.05, 0) is 25.8 Å². The zero-order valence-corrected chi connectivity index (χ0v) is 12.8. The fraction of sp³-hybridized carbons (Fsp3) is 0.571. The van der Waals surface area contributed by atoms with Crippen molar-refractivity contribution in [3.05, 3.63) is 24.3 Å². The highest BCUT2D eigenvalue weighted by Gasteiger charge is 2.35. The third kappa shape index (κ3) is 2.74. The zero-order valence-electron chi connectivity index (χ0n) is 12.8. The summed E-state index contributed by atoms with van der Waals surface area (Å²) in [7, 11) is 1.86. The van der Waals surface area contributed by atoms with E-state index in [-0.39, 0.29) is 17.9 Å². The second-order valence-corrected chi connectivity index (χ2v) is 5.35. The Morgan fingerprint density at radius 3 is 3.14 bits per heavy atom. The van der Waals surface area contributed by atoms with Gasteiger partial charge in [-0.3, -0.25) is 14.8 Å². The monoisotopic (exact) mass is 304 g/mol. The SMILES string of the molecule is CCn1cnnc1NC(=O)[C@@H]1CCCO[C@H]1c1ccnn1C. The Kier molecular flexibility index (Phi) is 4.19. The van der Waals surface area contributed by atoms with Crippen LogP contribution in [-0.4, -0.2) is 37.1 Å². The summed E-state index contributed by atoms with van der Waals surface area (Å²) in [5.74, 6) is 0.126. The molecule has 8 heteroatoms. The van der Waals surface area contributed by atoms with Gasteiger partial charge in [0.25, 0.3) is 0 Å². The van der Waals surface area contributed by atoms with Crippen molar-refractivity contribution in [2.24, 2.45) is 13.0 Å². The van der Waals surface area contributed by atoms with Crippen molar-refractivity contribution in [3.63, 3.8) is 0 Å². The van der Waals surface area contributed by atoms with Crippen LogP contribution < -0.4 is 5.32 Å². The maximum absolute atomic E-state index is 12.6. The van der Waals surface area contributed by atoms with Gasteiger partial charge in [0.1, 0.15) is 12.4 Å². The zero-order chi connectivity index (χ0) is 15.5. The molecule has 0 saturated carbocycles. The second-order valence-electron chi connectivity index (χ2n) is 5.35. The van der Waals surface area contributed by atoms with E-state index in [0.717, 1.165) is 18.5 Å². The van der Waals surface area contributed by atoms with E-state index in [0.29, 0.717) is 19.1 Å². The molecule has 118 valence electrons. The van der Waals surface area contributed by atoms with Crippen LogP contribution in [0.1, 0.15) is 31.6 Å². The lowest BCUT2D eigenvalue weighted by molar-refractivity contribution is -0.129. The number of hydrogen-bond donors (Lipinski definition) is 1. The van der Waals surface area contributed by atoms with Gasteiger partial charge in [0, 0.05) is 26.4 Å². The number of nitrogens with one attached hydrogen (secondary N) is 1. The molecule has 2 atom stereocenters. The van der Waals surface area contributed by atoms with E-state index in [1.165, 1.54) is 0 Å². The number of aryl methyl sites for hydroxylation is 2. The third-order valence-electron chi connectivity index (χ3n) is 4.00. The van der Waals surface area contributed by atoms with Gasteiger partial charge in [-0.2, -0.15) is 5.10 Å². The van der Waals surface area contributed by atoms with Gasteiger partial charge in [0.15, 0.2) is 0 Å². The summed E-state index contributed by atoms with van der Waals surface area (Å²) in [6.45, 7) is 3.33. The number of rotatable bonds is 4. The molecular formula is C14H20N6O2. The minimum absolute atomic E-state index is 0.0893. The number of hydrogen-bond acceptors (Lipinski definition) is 5. The van der Waals surface area contributed by atoms with E-state index >= 15 is 0 Å². The Hall–Kier alpha value is -2.22. The van der Waals surface area contributed by atoms with Gasteiger partial charge >= 0.3 is 0 Å². The van der Waals surface area contributed by atoms with Crippen LogP contribution in [0, 0.1) is 5.92 Å². The first-order chi connectivity index (χ1) is 10.7. The maximum Gasteiger partial charge on any atom is 0.232 e. The molecule has 0 spiro atoms. The molecule has 0 radical (unpaired) electrons. The highest BCUT2D eigenvalue weighted by molar-refractivity contribution is 5.91. The van der Waals surface area contributed by atoms with Crippen LogP contribution in [0.15, 0.2) is 18.6 Å². The fourth-order valence-electron chi connectivity index (χ4n) is 2.79. The lowest BCUT2D eigenvalue weighted by atomic mass is 9.91. The first kappa shape index (κ1) is 14.7. The van der Waals surface area contributed by atoms with E-state index in [9.17, 15) is 4.79 Å². The molecule has 1 aliphatic heterocycles. The molecule has 1 fully saturated rings. The van der Waals surface area contributed by atoms with Crippen molar-refractivity contribution in [1.82, 2.24) is 24.5 Å². The Morgan fingerprint density at radius 2 is 2.41 bits per heavy atom. The molecule has 2 aromatic rings. The van der Waals surface area contributed by atoms with E-state index < -0.39 is 0 Å². The first-order valence-corrected chi connectivity index (χ1v) is 7.49. The van der Waals surface area contributed by atoms with Crippen LogP contribution in [0.5, 0.6) is 0 Å². The third-order valence-corrected chi connectivity index (χ3v) is 4.00. The standard InChI is InChI=1S/C14H20N6O2/c1-3-20-9-15-18-14(20)17-13(21)10-5-4-8-22-12(10)11-6-7-16-19(11)2/h6-7,9-10,12H,3-5,8H2,1-2H3,(H,17,18,21)/t10-,12-/m1/s1. The number of aromatic nitrogens is 5. The quantitative estimate of drug-likeness (QED) is 0.915. The molecule has 0 aliphatic carbocycles. The van der Waals surface area contributed by atoms with Gasteiger partial charge < -0.3 is 9.30 Å². The number of ether oxygens (including phenoxy) is 1. The molecule has 0 aromatic carbocycles.